The molecule has 1 amide bonds. The number of carbonyl (C=O) groups excluding carboxylic acids is 2. The highest BCUT2D eigenvalue weighted by Crippen LogP contribution is 2.22. The van der Waals surface area contributed by atoms with Gasteiger partial charge in [0, 0.05) is 6.54 Å². The van der Waals surface area contributed by atoms with E-state index in [9.17, 15) is 9.59 Å². The Morgan fingerprint density at radius 3 is 2.59 bits per heavy atom. The molecule has 3 aromatic rings. The lowest BCUT2D eigenvalue weighted by Gasteiger charge is -2.11. The number of hydrogen-bond acceptors (Lipinski definition) is 7. The second-order valence-corrected chi connectivity index (χ2v) is 8.46. The van der Waals surface area contributed by atoms with Gasteiger partial charge in [-0.3, -0.25) is 9.36 Å². The lowest BCUT2D eigenvalue weighted by atomic mass is 10.1. The van der Waals surface area contributed by atoms with E-state index in [1.165, 1.54) is 11.8 Å². The van der Waals surface area contributed by atoms with Crippen molar-refractivity contribution in [2.24, 2.45) is 0 Å². The van der Waals surface area contributed by atoms with Crippen LogP contribution in [0.25, 0.3) is 0 Å². The van der Waals surface area contributed by atoms with Crippen LogP contribution >= 0.6 is 11.8 Å². The van der Waals surface area contributed by atoms with E-state index in [4.69, 9.17) is 9.47 Å². The molecule has 0 radical (unpaired) electrons. The molecule has 1 N–H and O–H groups in total. The molecule has 0 saturated carbocycles. The van der Waals surface area contributed by atoms with Gasteiger partial charge in [-0.05, 0) is 56.2 Å². The Bertz CT molecular complexity index is 1160. The zero-order chi connectivity index (χ0) is 24.5. The fourth-order valence-corrected chi connectivity index (χ4v) is 4.07. The number of rotatable bonds is 11. The Balaban J connectivity index is 1.65. The predicted octanol–water partition coefficient (Wildman–Crippen LogP) is 4.57. The van der Waals surface area contributed by atoms with Crippen molar-refractivity contribution in [3.63, 3.8) is 0 Å². The molecule has 0 atom stereocenters. The molecule has 0 bridgehead atoms. The molecule has 8 nitrogen and oxygen atoms in total. The molecule has 34 heavy (non-hydrogen) atoms. The monoisotopic (exact) mass is 480 g/mol. The Labute approximate surface area is 203 Å². The molecule has 0 aliphatic heterocycles. The van der Waals surface area contributed by atoms with Crippen molar-refractivity contribution in [1.29, 1.82) is 0 Å². The normalized spacial score (nSPS) is 10.6. The van der Waals surface area contributed by atoms with Gasteiger partial charge in [-0.15, -0.1) is 16.8 Å². The van der Waals surface area contributed by atoms with Gasteiger partial charge in [0.05, 0.1) is 23.6 Å². The van der Waals surface area contributed by atoms with Crippen molar-refractivity contribution in [3.05, 3.63) is 77.6 Å². The molecule has 3 rings (SSSR count). The summed E-state index contributed by atoms with van der Waals surface area (Å²) in [4.78, 5) is 24.7. The number of nitrogens with zero attached hydrogens (tertiary/aromatic N) is 3. The molecule has 0 fully saturated rings. The number of nitrogens with one attached hydrogen (secondary N) is 1. The van der Waals surface area contributed by atoms with Gasteiger partial charge >= 0.3 is 5.97 Å². The molecule has 0 unspecified atom stereocenters. The van der Waals surface area contributed by atoms with Gasteiger partial charge in [0.25, 0.3) is 0 Å². The van der Waals surface area contributed by atoms with Gasteiger partial charge in [-0.2, -0.15) is 0 Å². The number of benzene rings is 2. The predicted molar refractivity (Wildman–Crippen MR) is 132 cm³/mol. The Morgan fingerprint density at radius 2 is 1.88 bits per heavy atom. The van der Waals surface area contributed by atoms with Gasteiger partial charge in [0.1, 0.15) is 12.4 Å². The second kappa shape index (κ2) is 12.0. The first kappa shape index (κ1) is 25.0. The molecule has 0 saturated heterocycles. The highest BCUT2D eigenvalue weighted by atomic mass is 32.2. The Hall–Kier alpha value is -3.59. The molecular weight excluding hydrogens is 452 g/mol. The van der Waals surface area contributed by atoms with Crippen molar-refractivity contribution in [1.82, 2.24) is 14.8 Å². The molecule has 2 aromatic carbocycles. The molecular formula is C25H28N4O4S. The van der Waals surface area contributed by atoms with Crippen LogP contribution in [0.1, 0.15) is 34.2 Å². The van der Waals surface area contributed by atoms with Gasteiger partial charge in [-0.25, -0.2) is 4.79 Å². The van der Waals surface area contributed by atoms with Gasteiger partial charge < -0.3 is 14.8 Å². The lowest BCUT2D eigenvalue weighted by Crippen LogP contribution is -2.18. The number of anilines is 1. The topological polar surface area (TPSA) is 95.3 Å². The molecule has 0 aliphatic rings. The van der Waals surface area contributed by atoms with Gasteiger partial charge in [0.2, 0.25) is 5.91 Å². The molecule has 0 spiro atoms. The summed E-state index contributed by atoms with van der Waals surface area (Å²) in [5.74, 6) is 0.729. The third kappa shape index (κ3) is 6.71. The highest BCUT2D eigenvalue weighted by Gasteiger charge is 2.17. The van der Waals surface area contributed by atoms with E-state index in [2.05, 4.69) is 28.2 Å². The summed E-state index contributed by atoms with van der Waals surface area (Å²) in [5.41, 5.74) is 2.95. The summed E-state index contributed by atoms with van der Waals surface area (Å²) in [6.07, 6.45) is 1.74. The number of hydrogen-bond donors (Lipinski definition) is 1. The average molecular weight is 481 g/mol. The maximum atomic E-state index is 12.6. The van der Waals surface area contributed by atoms with Crippen LogP contribution < -0.4 is 10.1 Å². The van der Waals surface area contributed by atoms with E-state index in [-0.39, 0.29) is 24.9 Å². The van der Waals surface area contributed by atoms with Crippen molar-refractivity contribution in [2.75, 3.05) is 17.7 Å². The maximum absolute atomic E-state index is 12.6. The molecule has 1 aromatic heterocycles. The third-order valence-corrected chi connectivity index (χ3v) is 5.66. The van der Waals surface area contributed by atoms with E-state index in [1.54, 1.807) is 37.3 Å². The number of para-hydroxylation sites is 1. The molecule has 0 aliphatic carbocycles. The number of aryl methyl sites for hydroxylation is 2. The van der Waals surface area contributed by atoms with E-state index in [0.717, 1.165) is 16.9 Å². The minimum atomic E-state index is -0.481. The first-order valence-corrected chi connectivity index (χ1v) is 11.8. The molecule has 178 valence electrons. The van der Waals surface area contributed by atoms with Crippen LogP contribution in [0, 0.1) is 13.8 Å². The summed E-state index contributed by atoms with van der Waals surface area (Å²) in [6.45, 7) is 10.5. The Kier molecular flexibility index (Phi) is 8.86. The fraction of sp³-hybridized carbons (Fsp3) is 0.280. The number of esters is 1. The zero-order valence-electron chi connectivity index (χ0n) is 19.5. The van der Waals surface area contributed by atoms with Crippen LogP contribution in [0.2, 0.25) is 0 Å². The van der Waals surface area contributed by atoms with Gasteiger partial charge in [-0.1, -0.05) is 36.0 Å². The van der Waals surface area contributed by atoms with E-state index < -0.39 is 5.97 Å². The van der Waals surface area contributed by atoms with Crippen molar-refractivity contribution in [3.8, 4) is 5.75 Å². The van der Waals surface area contributed by atoms with Crippen molar-refractivity contribution in [2.45, 2.75) is 39.1 Å². The number of carbonyl (C=O) groups is 2. The second-order valence-electron chi connectivity index (χ2n) is 7.51. The van der Waals surface area contributed by atoms with Crippen molar-refractivity contribution >= 4 is 29.3 Å². The van der Waals surface area contributed by atoms with E-state index in [0.29, 0.717) is 28.8 Å². The quantitative estimate of drug-likeness (QED) is 0.244. The summed E-state index contributed by atoms with van der Waals surface area (Å²) in [6, 6.07) is 12.8. The van der Waals surface area contributed by atoms with E-state index >= 15 is 0 Å². The minimum absolute atomic E-state index is 0.0877. The number of amides is 1. The van der Waals surface area contributed by atoms with Crippen LogP contribution in [0.5, 0.6) is 5.75 Å². The Morgan fingerprint density at radius 1 is 1.15 bits per heavy atom. The number of allylic oxidation sites excluding steroid dienone is 1. The zero-order valence-corrected chi connectivity index (χ0v) is 20.4. The first-order valence-electron chi connectivity index (χ1n) is 10.8. The van der Waals surface area contributed by atoms with Gasteiger partial charge in [0.15, 0.2) is 11.0 Å². The summed E-state index contributed by atoms with van der Waals surface area (Å²) < 4.78 is 12.8. The molecule has 1 heterocycles. The van der Waals surface area contributed by atoms with Crippen LogP contribution in [0.3, 0.4) is 0 Å². The smallest absolute Gasteiger partial charge is 0.340 e. The highest BCUT2D eigenvalue weighted by molar-refractivity contribution is 7.99. The van der Waals surface area contributed by atoms with Crippen LogP contribution in [-0.2, 0) is 22.7 Å². The maximum Gasteiger partial charge on any atom is 0.340 e. The SMILES string of the molecule is C=CCn1c(COc2cc(C)cc(C)c2)nnc1SCC(=O)Nc1ccccc1C(=O)OCC. The standard InChI is InChI=1S/C25H28N4O4S/c1-5-11-29-22(15-33-19-13-17(3)12-18(4)14-19)27-28-25(29)34-16-23(30)26-21-10-8-7-9-20(21)24(31)32-6-2/h5,7-10,12-14H,1,6,11,15-16H2,2-4H3,(H,26,30). The van der Waals surface area contributed by atoms with Crippen LogP contribution in [0.4, 0.5) is 5.69 Å². The molecule has 9 heteroatoms. The van der Waals surface area contributed by atoms with Crippen molar-refractivity contribution < 1.29 is 19.1 Å². The lowest BCUT2D eigenvalue weighted by molar-refractivity contribution is -0.113. The van der Waals surface area contributed by atoms with Crippen LogP contribution in [-0.4, -0.2) is 39.0 Å². The number of thioether (sulfide) groups is 1. The fourth-order valence-electron chi connectivity index (χ4n) is 3.30. The van der Waals surface area contributed by atoms with Crippen LogP contribution in [0.15, 0.2) is 60.3 Å². The first-order chi connectivity index (χ1) is 16.4. The average Bonchev–Trinajstić information content (AvgIpc) is 3.18. The van der Waals surface area contributed by atoms with E-state index in [1.807, 2.05) is 30.5 Å². The third-order valence-electron chi connectivity index (χ3n) is 4.70. The summed E-state index contributed by atoms with van der Waals surface area (Å²) in [7, 11) is 0. The minimum Gasteiger partial charge on any atom is -0.486 e. The summed E-state index contributed by atoms with van der Waals surface area (Å²) >= 11 is 1.24. The largest absolute Gasteiger partial charge is 0.486 e. The number of ether oxygens (including phenoxy) is 2. The summed E-state index contributed by atoms with van der Waals surface area (Å²) in [5, 5.41) is 11.8. The number of aromatic nitrogens is 3.